The molecule has 1 N–H and O–H groups in total. The first-order valence-corrected chi connectivity index (χ1v) is 6.05. The van der Waals surface area contributed by atoms with E-state index in [1.54, 1.807) is 0 Å². The Kier molecular flexibility index (Phi) is 2.44. The van der Waals surface area contributed by atoms with Gasteiger partial charge in [0.05, 0.1) is 6.54 Å². The first-order chi connectivity index (χ1) is 7.43. The van der Waals surface area contributed by atoms with Crippen molar-refractivity contribution in [3.05, 3.63) is 11.6 Å². The van der Waals surface area contributed by atoms with E-state index >= 15 is 0 Å². The van der Waals surface area contributed by atoms with Crippen molar-refractivity contribution >= 4 is 0 Å². The average molecular weight is 206 g/mol. The van der Waals surface area contributed by atoms with Crippen LogP contribution in [0.25, 0.3) is 0 Å². The zero-order valence-electron chi connectivity index (χ0n) is 9.08. The quantitative estimate of drug-likeness (QED) is 0.788. The van der Waals surface area contributed by atoms with Gasteiger partial charge in [0.25, 0.3) is 0 Å². The topological polar surface area (TPSA) is 42.7 Å². The summed E-state index contributed by atoms with van der Waals surface area (Å²) < 4.78 is 2.31. The largest absolute Gasteiger partial charge is 0.313 e. The van der Waals surface area contributed by atoms with E-state index in [0.29, 0.717) is 0 Å². The van der Waals surface area contributed by atoms with Crippen molar-refractivity contribution < 1.29 is 0 Å². The van der Waals surface area contributed by atoms with Gasteiger partial charge in [0.2, 0.25) is 0 Å². The van der Waals surface area contributed by atoms with Gasteiger partial charge in [0, 0.05) is 19.5 Å². The van der Waals surface area contributed by atoms with Gasteiger partial charge in [-0.2, -0.15) is 0 Å². The van der Waals surface area contributed by atoms with Crippen molar-refractivity contribution in [2.45, 2.75) is 45.2 Å². The molecule has 3 rings (SSSR count). The number of fused-ring (bicyclic) bond motifs is 1. The lowest BCUT2D eigenvalue weighted by molar-refractivity contribution is 0.465. The van der Waals surface area contributed by atoms with Crippen LogP contribution in [0.3, 0.4) is 0 Å². The van der Waals surface area contributed by atoms with Gasteiger partial charge >= 0.3 is 0 Å². The second-order valence-corrected chi connectivity index (χ2v) is 4.72. The zero-order chi connectivity index (χ0) is 10.1. The highest BCUT2D eigenvalue weighted by atomic mass is 15.3. The summed E-state index contributed by atoms with van der Waals surface area (Å²) in [6.45, 7) is 2.99. The van der Waals surface area contributed by atoms with Gasteiger partial charge in [0.15, 0.2) is 0 Å². The SMILES string of the molecule is C1CCC(Cc2nnc3n2CCNC3)C1. The lowest BCUT2D eigenvalue weighted by Crippen LogP contribution is -2.29. The van der Waals surface area contributed by atoms with Crippen LogP contribution in [-0.2, 0) is 19.5 Å². The van der Waals surface area contributed by atoms with Crippen molar-refractivity contribution in [3.63, 3.8) is 0 Å². The summed E-state index contributed by atoms with van der Waals surface area (Å²) in [5.41, 5.74) is 0. The average Bonchev–Trinajstić information content (AvgIpc) is 2.89. The van der Waals surface area contributed by atoms with Gasteiger partial charge in [-0.1, -0.05) is 25.7 Å². The molecule has 1 aliphatic carbocycles. The third-order valence-corrected chi connectivity index (χ3v) is 3.65. The molecule has 82 valence electrons. The highest BCUT2D eigenvalue weighted by molar-refractivity contribution is 5.00. The molecule has 0 radical (unpaired) electrons. The maximum Gasteiger partial charge on any atom is 0.147 e. The third kappa shape index (κ3) is 1.78. The van der Waals surface area contributed by atoms with Crippen LogP contribution in [0.2, 0.25) is 0 Å². The third-order valence-electron chi connectivity index (χ3n) is 3.65. The van der Waals surface area contributed by atoms with Gasteiger partial charge in [-0.05, 0) is 5.92 Å². The molecule has 0 atom stereocenters. The molecular formula is C11H18N4. The number of rotatable bonds is 2. The fourth-order valence-corrected chi connectivity index (χ4v) is 2.78. The summed E-state index contributed by atoms with van der Waals surface area (Å²) in [6.07, 6.45) is 6.74. The van der Waals surface area contributed by atoms with E-state index in [9.17, 15) is 0 Å². The predicted molar refractivity (Wildman–Crippen MR) is 57.4 cm³/mol. The van der Waals surface area contributed by atoms with E-state index in [4.69, 9.17) is 0 Å². The maximum atomic E-state index is 4.33. The molecule has 1 fully saturated rings. The monoisotopic (exact) mass is 206 g/mol. The first kappa shape index (κ1) is 9.33. The summed E-state index contributed by atoms with van der Waals surface area (Å²) in [7, 11) is 0. The van der Waals surface area contributed by atoms with Crippen molar-refractivity contribution in [1.29, 1.82) is 0 Å². The Labute approximate surface area is 90.1 Å². The van der Waals surface area contributed by atoms with Crippen LogP contribution in [0.5, 0.6) is 0 Å². The van der Waals surface area contributed by atoms with Crippen LogP contribution in [0, 0.1) is 5.92 Å². The lowest BCUT2D eigenvalue weighted by Gasteiger charge is -2.17. The molecule has 0 unspecified atom stereocenters. The number of hydrogen-bond donors (Lipinski definition) is 1. The van der Waals surface area contributed by atoms with Crippen LogP contribution in [0.1, 0.15) is 37.3 Å². The molecule has 0 amide bonds. The van der Waals surface area contributed by atoms with Gasteiger partial charge in [-0.3, -0.25) is 0 Å². The number of nitrogens with one attached hydrogen (secondary N) is 1. The van der Waals surface area contributed by atoms with Crippen molar-refractivity contribution in [2.24, 2.45) is 5.92 Å². The summed E-state index contributed by atoms with van der Waals surface area (Å²) in [4.78, 5) is 0. The molecule has 1 saturated carbocycles. The van der Waals surface area contributed by atoms with E-state index in [-0.39, 0.29) is 0 Å². The molecule has 1 aromatic rings. The first-order valence-electron chi connectivity index (χ1n) is 6.05. The lowest BCUT2D eigenvalue weighted by atomic mass is 10.0. The second kappa shape index (κ2) is 3.93. The van der Waals surface area contributed by atoms with Crippen LogP contribution in [0.15, 0.2) is 0 Å². The molecular weight excluding hydrogens is 188 g/mol. The molecule has 0 bridgehead atoms. The smallest absolute Gasteiger partial charge is 0.147 e. The van der Waals surface area contributed by atoms with Gasteiger partial charge in [-0.25, -0.2) is 0 Å². The van der Waals surface area contributed by atoms with Crippen LogP contribution >= 0.6 is 0 Å². The Bertz CT molecular complexity index is 338. The summed E-state index contributed by atoms with van der Waals surface area (Å²) in [6, 6.07) is 0. The Balaban J connectivity index is 1.76. The molecule has 0 spiro atoms. The minimum atomic E-state index is 0.869. The zero-order valence-corrected chi connectivity index (χ0v) is 9.08. The van der Waals surface area contributed by atoms with Crippen LogP contribution < -0.4 is 5.32 Å². The minimum Gasteiger partial charge on any atom is -0.313 e. The number of aromatic nitrogens is 3. The van der Waals surface area contributed by atoms with E-state index in [2.05, 4.69) is 20.1 Å². The second-order valence-electron chi connectivity index (χ2n) is 4.72. The Hall–Kier alpha value is -0.900. The standard InChI is InChI=1S/C11H18N4/c1-2-4-9(3-1)7-10-13-14-11-8-12-5-6-15(10)11/h9,12H,1-8H2. The van der Waals surface area contributed by atoms with Gasteiger partial charge in [0.1, 0.15) is 11.6 Å². The molecule has 15 heavy (non-hydrogen) atoms. The fraction of sp³-hybridized carbons (Fsp3) is 0.818. The maximum absolute atomic E-state index is 4.33. The predicted octanol–water partition coefficient (Wildman–Crippen LogP) is 1.11. The molecule has 2 aliphatic rings. The molecule has 1 aliphatic heterocycles. The Morgan fingerprint density at radius 2 is 2.13 bits per heavy atom. The molecule has 2 heterocycles. The molecule has 1 aromatic heterocycles. The van der Waals surface area contributed by atoms with E-state index in [1.165, 1.54) is 31.5 Å². The van der Waals surface area contributed by atoms with Gasteiger partial charge in [-0.15, -0.1) is 10.2 Å². The Morgan fingerprint density at radius 3 is 3.00 bits per heavy atom. The summed E-state index contributed by atoms with van der Waals surface area (Å²) in [5.74, 6) is 3.21. The van der Waals surface area contributed by atoms with Crippen molar-refractivity contribution in [1.82, 2.24) is 20.1 Å². The highest BCUT2D eigenvalue weighted by Gasteiger charge is 2.21. The molecule has 4 heteroatoms. The minimum absolute atomic E-state index is 0.869. The van der Waals surface area contributed by atoms with Crippen LogP contribution in [0.4, 0.5) is 0 Å². The van der Waals surface area contributed by atoms with Crippen LogP contribution in [-0.4, -0.2) is 21.3 Å². The van der Waals surface area contributed by atoms with Crippen molar-refractivity contribution in [2.75, 3.05) is 6.54 Å². The number of nitrogens with zero attached hydrogens (tertiary/aromatic N) is 3. The van der Waals surface area contributed by atoms with Crippen molar-refractivity contribution in [3.8, 4) is 0 Å². The molecule has 4 nitrogen and oxygen atoms in total. The fourth-order valence-electron chi connectivity index (χ4n) is 2.78. The summed E-state index contributed by atoms with van der Waals surface area (Å²) in [5, 5.41) is 11.9. The Morgan fingerprint density at radius 1 is 1.27 bits per heavy atom. The van der Waals surface area contributed by atoms with E-state index in [0.717, 1.165) is 37.8 Å². The normalized spacial score (nSPS) is 21.9. The number of hydrogen-bond acceptors (Lipinski definition) is 3. The molecule has 0 saturated heterocycles. The molecule has 0 aromatic carbocycles. The highest BCUT2D eigenvalue weighted by Crippen LogP contribution is 2.27. The van der Waals surface area contributed by atoms with Gasteiger partial charge < -0.3 is 9.88 Å². The summed E-state index contributed by atoms with van der Waals surface area (Å²) >= 11 is 0. The van der Waals surface area contributed by atoms with E-state index < -0.39 is 0 Å². The van der Waals surface area contributed by atoms with E-state index in [1.807, 2.05) is 0 Å².